The third-order valence-electron chi connectivity index (χ3n) is 3.14. The third-order valence-corrected chi connectivity index (χ3v) is 3.14. The highest BCUT2D eigenvalue weighted by Gasteiger charge is 2.05. The molecule has 1 aromatic heterocycles. The largest absolute Gasteiger partial charge is 0.328 e. The van der Waals surface area contributed by atoms with Gasteiger partial charge in [0.1, 0.15) is 0 Å². The van der Waals surface area contributed by atoms with E-state index >= 15 is 0 Å². The van der Waals surface area contributed by atoms with Crippen molar-refractivity contribution in [2.75, 3.05) is 5.32 Å². The average molecular weight is 288 g/mol. The monoisotopic (exact) mass is 288 g/mol. The van der Waals surface area contributed by atoms with Gasteiger partial charge in [-0.05, 0) is 37.5 Å². The molecule has 1 aromatic carbocycles. The van der Waals surface area contributed by atoms with Gasteiger partial charge in [0.05, 0.1) is 5.69 Å². The van der Waals surface area contributed by atoms with Crippen LogP contribution in [0.1, 0.15) is 26.2 Å². The Balaban J connectivity index is 1.90. The van der Waals surface area contributed by atoms with Crippen molar-refractivity contribution in [2.45, 2.75) is 32.2 Å². The van der Waals surface area contributed by atoms with Gasteiger partial charge in [0.15, 0.2) is 0 Å². The minimum atomic E-state index is -0.170. The van der Waals surface area contributed by atoms with Gasteiger partial charge in [0.2, 0.25) is 5.91 Å². The topological polar surface area (TPSA) is 104 Å². The molecular formula is C15H20N4O2. The molecule has 1 atom stereocenters. The molecule has 0 aliphatic heterocycles. The summed E-state index contributed by atoms with van der Waals surface area (Å²) >= 11 is 0. The van der Waals surface area contributed by atoms with Crippen molar-refractivity contribution in [3.05, 3.63) is 40.7 Å². The molecule has 0 aliphatic rings. The summed E-state index contributed by atoms with van der Waals surface area (Å²) in [5.41, 5.74) is 7.81. The van der Waals surface area contributed by atoms with E-state index in [4.69, 9.17) is 5.73 Å². The highest BCUT2D eigenvalue weighted by molar-refractivity contribution is 5.90. The number of rotatable bonds is 6. The number of nitrogens with two attached hydrogens (primary N) is 1. The Morgan fingerprint density at radius 3 is 2.57 bits per heavy atom. The molecule has 1 amide bonds. The van der Waals surface area contributed by atoms with Gasteiger partial charge < -0.3 is 11.1 Å². The van der Waals surface area contributed by atoms with Crippen molar-refractivity contribution in [1.82, 2.24) is 10.2 Å². The fourth-order valence-electron chi connectivity index (χ4n) is 2.03. The number of H-pyrrole nitrogens is 2. The molecule has 0 aliphatic carbocycles. The van der Waals surface area contributed by atoms with E-state index in [-0.39, 0.29) is 17.5 Å². The van der Waals surface area contributed by atoms with Crippen molar-refractivity contribution in [3.8, 4) is 11.3 Å². The van der Waals surface area contributed by atoms with E-state index in [1.807, 2.05) is 31.2 Å². The average Bonchev–Trinajstić information content (AvgIpc) is 2.86. The number of anilines is 1. The van der Waals surface area contributed by atoms with Crippen LogP contribution in [0, 0.1) is 0 Å². The summed E-state index contributed by atoms with van der Waals surface area (Å²) in [6.45, 7) is 1.93. The van der Waals surface area contributed by atoms with E-state index < -0.39 is 0 Å². The standard InChI is InChI=1S/C15H20N4O2/c1-10(16)3-2-4-14(20)17-12-7-5-11(6-8-12)13-9-15(21)19-18-13/h5-10H,2-4,16H2,1H3,(H,17,20)(H2,18,19,21). The summed E-state index contributed by atoms with van der Waals surface area (Å²) < 4.78 is 0. The molecule has 0 saturated carbocycles. The predicted molar refractivity (Wildman–Crippen MR) is 83.0 cm³/mol. The molecule has 112 valence electrons. The Kier molecular flexibility index (Phi) is 4.94. The van der Waals surface area contributed by atoms with Crippen LogP contribution in [-0.2, 0) is 4.79 Å². The SMILES string of the molecule is CC(N)CCCC(=O)Nc1ccc(-c2cc(=O)[nH][nH]2)cc1. The molecular weight excluding hydrogens is 268 g/mol. The number of hydrogen-bond acceptors (Lipinski definition) is 3. The number of benzene rings is 1. The molecule has 0 fully saturated rings. The van der Waals surface area contributed by atoms with Gasteiger partial charge in [0, 0.05) is 24.2 Å². The number of aromatic amines is 2. The number of hydrogen-bond donors (Lipinski definition) is 4. The lowest BCUT2D eigenvalue weighted by Crippen LogP contribution is -2.16. The van der Waals surface area contributed by atoms with Crippen molar-refractivity contribution in [3.63, 3.8) is 0 Å². The maximum atomic E-state index is 11.7. The zero-order valence-electron chi connectivity index (χ0n) is 12.0. The molecule has 21 heavy (non-hydrogen) atoms. The minimum Gasteiger partial charge on any atom is -0.328 e. The number of nitrogens with one attached hydrogen (secondary N) is 3. The second kappa shape index (κ2) is 6.90. The van der Waals surface area contributed by atoms with Crippen LogP contribution in [0.2, 0.25) is 0 Å². The van der Waals surface area contributed by atoms with Gasteiger partial charge in [-0.3, -0.25) is 19.8 Å². The molecule has 2 aromatic rings. The Bertz CT molecular complexity index is 640. The Hall–Kier alpha value is -2.34. The van der Waals surface area contributed by atoms with Gasteiger partial charge in [-0.15, -0.1) is 0 Å². The van der Waals surface area contributed by atoms with Crippen molar-refractivity contribution >= 4 is 11.6 Å². The van der Waals surface area contributed by atoms with Crippen LogP contribution < -0.4 is 16.6 Å². The maximum absolute atomic E-state index is 11.7. The first kappa shape index (κ1) is 15.1. The maximum Gasteiger partial charge on any atom is 0.264 e. The summed E-state index contributed by atoms with van der Waals surface area (Å²) in [7, 11) is 0. The molecule has 6 nitrogen and oxygen atoms in total. The molecule has 0 spiro atoms. The van der Waals surface area contributed by atoms with Gasteiger partial charge >= 0.3 is 0 Å². The number of amides is 1. The van der Waals surface area contributed by atoms with Crippen molar-refractivity contribution in [1.29, 1.82) is 0 Å². The lowest BCUT2D eigenvalue weighted by atomic mass is 10.1. The van der Waals surface area contributed by atoms with E-state index in [0.717, 1.165) is 29.8 Å². The predicted octanol–water partition coefficient (Wildman–Crippen LogP) is 1.83. The lowest BCUT2D eigenvalue weighted by molar-refractivity contribution is -0.116. The summed E-state index contributed by atoms with van der Waals surface area (Å²) in [6.07, 6.45) is 2.09. The van der Waals surface area contributed by atoms with Gasteiger partial charge in [-0.1, -0.05) is 12.1 Å². The third kappa shape index (κ3) is 4.61. The zero-order chi connectivity index (χ0) is 15.2. The molecule has 5 N–H and O–H groups in total. The van der Waals surface area contributed by atoms with Gasteiger partial charge in [0.25, 0.3) is 5.56 Å². The number of carbonyl (C=O) groups excluding carboxylic acids is 1. The lowest BCUT2D eigenvalue weighted by Gasteiger charge is -2.07. The Morgan fingerprint density at radius 1 is 1.29 bits per heavy atom. The van der Waals surface area contributed by atoms with Gasteiger partial charge in [-0.2, -0.15) is 0 Å². The van der Waals surface area contributed by atoms with Crippen molar-refractivity contribution < 1.29 is 4.79 Å². The van der Waals surface area contributed by atoms with Crippen LogP contribution >= 0.6 is 0 Å². The quantitative estimate of drug-likeness (QED) is 0.651. The molecule has 6 heteroatoms. The van der Waals surface area contributed by atoms with Crippen LogP contribution in [0.5, 0.6) is 0 Å². The van der Waals surface area contributed by atoms with Crippen LogP contribution in [0.25, 0.3) is 11.3 Å². The summed E-state index contributed by atoms with van der Waals surface area (Å²) in [5, 5.41) is 8.11. The number of carbonyl (C=O) groups is 1. The summed E-state index contributed by atoms with van der Waals surface area (Å²) in [4.78, 5) is 22.8. The molecule has 0 bridgehead atoms. The second-order valence-electron chi connectivity index (χ2n) is 5.17. The van der Waals surface area contributed by atoms with E-state index in [1.165, 1.54) is 6.07 Å². The first-order chi connectivity index (χ1) is 10.0. The number of aromatic nitrogens is 2. The van der Waals surface area contributed by atoms with Crippen LogP contribution in [0.3, 0.4) is 0 Å². The van der Waals surface area contributed by atoms with Crippen molar-refractivity contribution in [2.24, 2.45) is 5.73 Å². The molecule has 1 unspecified atom stereocenters. The van der Waals surface area contributed by atoms with Crippen LogP contribution in [0.4, 0.5) is 5.69 Å². The highest BCUT2D eigenvalue weighted by atomic mass is 16.1. The van der Waals surface area contributed by atoms with E-state index in [1.54, 1.807) is 0 Å². The molecule has 2 rings (SSSR count). The fraction of sp³-hybridized carbons (Fsp3) is 0.333. The second-order valence-corrected chi connectivity index (χ2v) is 5.17. The fourth-order valence-corrected chi connectivity index (χ4v) is 2.03. The van der Waals surface area contributed by atoms with Crippen LogP contribution in [-0.4, -0.2) is 22.1 Å². The first-order valence-corrected chi connectivity index (χ1v) is 6.98. The van der Waals surface area contributed by atoms with E-state index in [0.29, 0.717) is 6.42 Å². The smallest absolute Gasteiger partial charge is 0.264 e. The molecule has 1 heterocycles. The highest BCUT2D eigenvalue weighted by Crippen LogP contribution is 2.18. The van der Waals surface area contributed by atoms with E-state index in [2.05, 4.69) is 15.5 Å². The summed E-state index contributed by atoms with van der Waals surface area (Å²) in [6, 6.07) is 8.92. The molecule has 0 saturated heterocycles. The first-order valence-electron chi connectivity index (χ1n) is 6.98. The normalized spacial score (nSPS) is 12.1. The van der Waals surface area contributed by atoms with Gasteiger partial charge in [-0.25, -0.2) is 0 Å². The Morgan fingerprint density at radius 2 is 2.00 bits per heavy atom. The van der Waals surface area contributed by atoms with E-state index in [9.17, 15) is 9.59 Å². The molecule has 0 radical (unpaired) electrons. The van der Waals surface area contributed by atoms with Crippen LogP contribution in [0.15, 0.2) is 35.1 Å². The minimum absolute atomic E-state index is 0.0153. The summed E-state index contributed by atoms with van der Waals surface area (Å²) in [5.74, 6) is -0.0153. The zero-order valence-corrected chi connectivity index (χ0v) is 12.0. The Labute approximate surface area is 122 Å².